The summed E-state index contributed by atoms with van der Waals surface area (Å²) in [5.41, 5.74) is 0.921. The summed E-state index contributed by atoms with van der Waals surface area (Å²) in [6, 6.07) is 5.17. The number of ether oxygens (including phenoxy) is 1. The van der Waals surface area contributed by atoms with Crippen molar-refractivity contribution in [2.75, 3.05) is 33.3 Å². The van der Waals surface area contributed by atoms with Crippen molar-refractivity contribution in [3.63, 3.8) is 0 Å². The Hall–Kier alpha value is -1.39. The molecule has 1 fully saturated rings. The van der Waals surface area contributed by atoms with Gasteiger partial charge in [-0.1, -0.05) is 12.1 Å². The van der Waals surface area contributed by atoms with E-state index in [1.807, 2.05) is 12.1 Å². The minimum Gasteiger partial charge on any atom is -0.494 e. The molecule has 1 saturated heterocycles. The summed E-state index contributed by atoms with van der Waals surface area (Å²) < 4.78 is 18.7. The van der Waals surface area contributed by atoms with Crippen LogP contribution in [-0.2, 0) is 0 Å². The van der Waals surface area contributed by atoms with Crippen molar-refractivity contribution in [1.29, 1.82) is 0 Å². The van der Waals surface area contributed by atoms with Crippen molar-refractivity contribution in [2.24, 2.45) is 0 Å². The van der Waals surface area contributed by atoms with E-state index in [1.54, 1.807) is 6.07 Å². The molecule has 1 atom stereocenters. The summed E-state index contributed by atoms with van der Waals surface area (Å²) in [7, 11) is 1.47. The van der Waals surface area contributed by atoms with Crippen LogP contribution in [0.15, 0.2) is 30.9 Å². The highest BCUT2D eigenvalue weighted by Crippen LogP contribution is 2.26. The van der Waals surface area contributed by atoms with Crippen LogP contribution in [0.25, 0.3) is 0 Å². The highest BCUT2D eigenvalue weighted by molar-refractivity contribution is 5.32. The Kier molecular flexibility index (Phi) is 4.33. The summed E-state index contributed by atoms with van der Waals surface area (Å²) in [6.45, 7) is 7.69. The van der Waals surface area contributed by atoms with E-state index < -0.39 is 0 Å². The van der Waals surface area contributed by atoms with Gasteiger partial charge in [-0.25, -0.2) is 4.39 Å². The quantitative estimate of drug-likeness (QED) is 0.827. The van der Waals surface area contributed by atoms with Crippen LogP contribution in [-0.4, -0.2) is 38.2 Å². The molecule has 4 heteroatoms. The average molecular weight is 250 g/mol. The van der Waals surface area contributed by atoms with Crippen LogP contribution in [0.2, 0.25) is 0 Å². The zero-order chi connectivity index (χ0) is 13.0. The number of methoxy groups -OCH3 is 1. The van der Waals surface area contributed by atoms with Gasteiger partial charge in [0.1, 0.15) is 0 Å². The van der Waals surface area contributed by atoms with Gasteiger partial charge in [-0.3, -0.25) is 4.90 Å². The van der Waals surface area contributed by atoms with Crippen molar-refractivity contribution in [3.8, 4) is 5.75 Å². The Morgan fingerprint density at radius 1 is 1.44 bits per heavy atom. The molecule has 1 aromatic carbocycles. The highest BCUT2D eigenvalue weighted by Gasteiger charge is 2.20. The zero-order valence-electron chi connectivity index (χ0n) is 10.7. The van der Waals surface area contributed by atoms with E-state index in [0.29, 0.717) is 0 Å². The first kappa shape index (κ1) is 13.1. The van der Waals surface area contributed by atoms with Crippen LogP contribution in [0, 0.1) is 5.82 Å². The lowest BCUT2D eigenvalue weighted by Crippen LogP contribution is -2.44. The van der Waals surface area contributed by atoms with E-state index in [-0.39, 0.29) is 17.6 Å². The van der Waals surface area contributed by atoms with Crippen LogP contribution in [0.3, 0.4) is 0 Å². The van der Waals surface area contributed by atoms with E-state index in [4.69, 9.17) is 4.74 Å². The van der Waals surface area contributed by atoms with Gasteiger partial charge in [0.25, 0.3) is 0 Å². The molecule has 3 nitrogen and oxygen atoms in total. The fourth-order valence-electron chi connectivity index (χ4n) is 2.32. The van der Waals surface area contributed by atoms with Crippen LogP contribution >= 0.6 is 0 Å². The molecule has 0 unspecified atom stereocenters. The molecule has 0 radical (unpaired) electrons. The second-order valence-electron chi connectivity index (χ2n) is 4.36. The topological polar surface area (TPSA) is 24.5 Å². The van der Waals surface area contributed by atoms with Gasteiger partial charge in [-0.2, -0.15) is 0 Å². The summed E-state index contributed by atoms with van der Waals surface area (Å²) >= 11 is 0. The minimum absolute atomic E-state index is 0.0625. The van der Waals surface area contributed by atoms with E-state index in [0.717, 1.165) is 31.7 Å². The first-order valence-electron chi connectivity index (χ1n) is 6.17. The molecule has 18 heavy (non-hydrogen) atoms. The number of rotatable bonds is 4. The number of hydrogen-bond donors (Lipinski definition) is 1. The molecule has 0 aromatic heterocycles. The van der Waals surface area contributed by atoms with E-state index in [2.05, 4.69) is 16.8 Å². The maximum absolute atomic E-state index is 13.7. The van der Waals surface area contributed by atoms with Gasteiger partial charge in [0.05, 0.1) is 13.2 Å². The first-order valence-corrected chi connectivity index (χ1v) is 6.17. The van der Waals surface area contributed by atoms with Gasteiger partial charge in [0.15, 0.2) is 11.6 Å². The third-order valence-electron chi connectivity index (χ3n) is 3.29. The van der Waals surface area contributed by atoms with Crippen LogP contribution in [0.4, 0.5) is 4.39 Å². The molecule has 0 aliphatic carbocycles. The summed E-state index contributed by atoms with van der Waals surface area (Å²) in [6.07, 6.45) is 1.87. The first-order chi connectivity index (χ1) is 8.76. The summed E-state index contributed by atoms with van der Waals surface area (Å²) in [4.78, 5) is 2.30. The maximum atomic E-state index is 13.7. The van der Waals surface area contributed by atoms with Gasteiger partial charge in [-0.05, 0) is 17.7 Å². The number of benzene rings is 1. The number of hydrogen-bond acceptors (Lipinski definition) is 3. The van der Waals surface area contributed by atoms with Gasteiger partial charge in [0.2, 0.25) is 0 Å². The number of halogens is 1. The molecule has 1 aliphatic rings. The fourth-order valence-corrected chi connectivity index (χ4v) is 2.32. The van der Waals surface area contributed by atoms with E-state index >= 15 is 0 Å². The van der Waals surface area contributed by atoms with Crippen molar-refractivity contribution in [1.82, 2.24) is 10.2 Å². The highest BCUT2D eigenvalue weighted by atomic mass is 19.1. The number of nitrogens with zero attached hydrogens (tertiary/aromatic N) is 1. The summed E-state index contributed by atoms with van der Waals surface area (Å²) in [5, 5.41) is 3.30. The molecule has 1 N–H and O–H groups in total. The lowest BCUT2D eigenvalue weighted by molar-refractivity contribution is 0.203. The van der Waals surface area contributed by atoms with Gasteiger partial charge in [-0.15, -0.1) is 6.58 Å². The predicted octanol–water partition coefficient (Wildman–Crippen LogP) is 1.97. The van der Waals surface area contributed by atoms with Crippen molar-refractivity contribution >= 4 is 0 Å². The second kappa shape index (κ2) is 5.98. The summed E-state index contributed by atoms with van der Waals surface area (Å²) in [5.74, 6) is -0.0427. The Bertz CT molecular complexity index is 416. The number of piperazine rings is 1. The molecule has 0 bridgehead atoms. The SMILES string of the molecule is C=C[C@@H](c1ccc(OC)c(F)c1)N1CCNCC1. The van der Waals surface area contributed by atoms with Crippen molar-refractivity contribution < 1.29 is 9.13 Å². The van der Waals surface area contributed by atoms with Crippen LogP contribution in [0.5, 0.6) is 5.75 Å². The van der Waals surface area contributed by atoms with Crippen molar-refractivity contribution in [3.05, 3.63) is 42.2 Å². The Morgan fingerprint density at radius 2 is 2.17 bits per heavy atom. The third kappa shape index (κ3) is 2.71. The van der Waals surface area contributed by atoms with Crippen LogP contribution < -0.4 is 10.1 Å². The Labute approximate surface area is 107 Å². The van der Waals surface area contributed by atoms with Crippen molar-refractivity contribution in [2.45, 2.75) is 6.04 Å². The minimum atomic E-state index is -0.322. The normalized spacial score (nSPS) is 18.3. The van der Waals surface area contributed by atoms with Gasteiger partial charge >= 0.3 is 0 Å². The molecular weight excluding hydrogens is 231 g/mol. The molecule has 1 heterocycles. The third-order valence-corrected chi connectivity index (χ3v) is 3.29. The standard InChI is InChI=1S/C14H19FN2O/c1-3-13(17-8-6-16-7-9-17)11-4-5-14(18-2)12(15)10-11/h3-5,10,13,16H,1,6-9H2,2H3/t13-/m0/s1. The molecule has 98 valence electrons. The van der Waals surface area contributed by atoms with E-state index in [1.165, 1.54) is 13.2 Å². The molecule has 0 saturated carbocycles. The lowest BCUT2D eigenvalue weighted by Gasteiger charge is -2.33. The monoisotopic (exact) mass is 250 g/mol. The second-order valence-corrected chi connectivity index (χ2v) is 4.36. The maximum Gasteiger partial charge on any atom is 0.165 e. The predicted molar refractivity (Wildman–Crippen MR) is 70.3 cm³/mol. The smallest absolute Gasteiger partial charge is 0.165 e. The molecule has 0 amide bonds. The average Bonchev–Trinajstić information content (AvgIpc) is 2.41. The lowest BCUT2D eigenvalue weighted by atomic mass is 10.0. The fraction of sp³-hybridized carbons (Fsp3) is 0.429. The Morgan fingerprint density at radius 3 is 2.72 bits per heavy atom. The van der Waals surface area contributed by atoms with Crippen LogP contribution in [0.1, 0.15) is 11.6 Å². The number of nitrogens with one attached hydrogen (secondary N) is 1. The molecular formula is C14H19FN2O. The molecule has 0 spiro atoms. The Balaban J connectivity index is 2.21. The van der Waals surface area contributed by atoms with Gasteiger partial charge < -0.3 is 10.1 Å². The molecule has 1 aromatic rings. The molecule has 1 aliphatic heterocycles. The zero-order valence-corrected chi connectivity index (χ0v) is 10.7. The van der Waals surface area contributed by atoms with E-state index in [9.17, 15) is 4.39 Å². The largest absolute Gasteiger partial charge is 0.494 e. The molecule has 2 rings (SSSR count). The van der Waals surface area contributed by atoms with Gasteiger partial charge in [0, 0.05) is 26.2 Å².